The summed E-state index contributed by atoms with van der Waals surface area (Å²) in [4.78, 5) is 15.9. The van der Waals surface area contributed by atoms with Crippen molar-refractivity contribution < 1.29 is 27.4 Å². The van der Waals surface area contributed by atoms with E-state index in [0.29, 0.717) is 28.8 Å². The summed E-state index contributed by atoms with van der Waals surface area (Å²) in [5.74, 6) is 0.365. The average molecular weight is 399 g/mol. The van der Waals surface area contributed by atoms with Gasteiger partial charge in [-0.3, -0.25) is 0 Å². The summed E-state index contributed by atoms with van der Waals surface area (Å²) in [6.45, 7) is 2.43. The van der Waals surface area contributed by atoms with Crippen LogP contribution >= 0.6 is 11.3 Å². The Hall–Kier alpha value is -2.09. The smallest absolute Gasteiger partial charge is 0.416 e. The Labute approximate surface area is 159 Å². The molecule has 3 rings (SSSR count). The summed E-state index contributed by atoms with van der Waals surface area (Å²) in [7, 11) is 0. The first kappa shape index (κ1) is 19.7. The summed E-state index contributed by atoms with van der Waals surface area (Å²) in [5.41, 5.74) is -0.148. The molecule has 27 heavy (non-hydrogen) atoms. The summed E-state index contributed by atoms with van der Waals surface area (Å²) < 4.78 is 50.0. The fourth-order valence-corrected chi connectivity index (χ4v) is 3.54. The highest BCUT2D eigenvalue weighted by Crippen LogP contribution is 2.35. The molecule has 1 aromatic carbocycles. The Morgan fingerprint density at radius 3 is 2.74 bits per heavy atom. The van der Waals surface area contributed by atoms with Crippen molar-refractivity contribution in [2.24, 2.45) is 5.92 Å². The molecule has 0 saturated heterocycles. The summed E-state index contributed by atoms with van der Waals surface area (Å²) >= 11 is 1.21. The van der Waals surface area contributed by atoms with E-state index in [2.05, 4.69) is 4.98 Å². The van der Waals surface area contributed by atoms with Crippen LogP contribution in [0.15, 0.2) is 23.6 Å². The molecule has 0 bridgehead atoms. The van der Waals surface area contributed by atoms with Gasteiger partial charge in [-0.2, -0.15) is 13.2 Å². The zero-order valence-electron chi connectivity index (χ0n) is 14.8. The van der Waals surface area contributed by atoms with Gasteiger partial charge < -0.3 is 9.47 Å². The zero-order valence-corrected chi connectivity index (χ0v) is 15.7. The van der Waals surface area contributed by atoms with Gasteiger partial charge >= 0.3 is 12.1 Å². The number of halogens is 3. The minimum atomic E-state index is -4.43. The maximum Gasteiger partial charge on any atom is 0.416 e. The molecule has 1 aromatic heterocycles. The predicted octanol–water partition coefficient (Wildman–Crippen LogP) is 5.11. The fraction of sp³-hybridized carbons (Fsp3) is 0.474. The predicted molar refractivity (Wildman–Crippen MR) is 95.2 cm³/mol. The van der Waals surface area contributed by atoms with Crippen LogP contribution in [0.25, 0.3) is 0 Å². The second-order valence-corrected chi connectivity index (χ2v) is 7.39. The molecule has 0 aliphatic heterocycles. The van der Waals surface area contributed by atoms with Crippen molar-refractivity contribution in [2.75, 3.05) is 13.2 Å². The lowest BCUT2D eigenvalue weighted by Gasteiger charge is -2.25. The normalized spacial score (nSPS) is 14.7. The van der Waals surface area contributed by atoms with E-state index in [4.69, 9.17) is 9.47 Å². The SMILES string of the molecule is CCOC(=O)c1csc(Cc2cc(C(F)(F)F)ccc2OCC2CCC2)n1. The number of nitrogens with zero attached hydrogens (tertiary/aromatic N) is 1. The molecule has 0 radical (unpaired) electrons. The summed E-state index contributed by atoms with van der Waals surface area (Å²) in [6.07, 6.45) is -0.922. The van der Waals surface area contributed by atoms with E-state index in [9.17, 15) is 18.0 Å². The van der Waals surface area contributed by atoms with Crippen LogP contribution in [-0.2, 0) is 17.3 Å². The lowest BCUT2D eigenvalue weighted by atomic mass is 9.86. The Morgan fingerprint density at radius 2 is 2.11 bits per heavy atom. The molecular formula is C19H20F3NO3S. The molecule has 1 heterocycles. The third-order valence-corrected chi connectivity index (χ3v) is 5.31. The molecule has 2 aromatic rings. The van der Waals surface area contributed by atoms with Crippen LogP contribution in [0.2, 0.25) is 0 Å². The molecule has 0 atom stereocenters. The largest absolute Gasteiger partial charge is 0.493 e. The molecule has 0 unspecified atom stereocenters. The molecule has 0 N–H and O–H groups in total. The lowest BCUT2D eigenvalue weighted by Crippen LogP contribution is -2.19. The minimum Gasteiger partial charge on any atom is -0.493 e. The number of thiazole rings is 1. The summed E-state index contributed by atoms with van der Waals surface area (Å²) in [6, 6.07) is 3.50. The molecule has 1 fully saturated rings. The number of esters is 1. The van der Waals surface area contributed by atoms with Gasteiger partial charge in [0.2, 0.25) is 0 Å². The van der Waals surface area contributed by atoms with Gasteiger partial charge in [-0.05, 0) is 43.9 Å². The highest BCUT2D eigenvalue weighted by atomic mass is 32.1. The molecular weight excluding hydrogens is 379 g/mol. The first-order valence-corrected chi connectivity index (χ1v) is 9.69. The van der Waals surface area contributed by atoms with Crippen LogP contribution in [0.1, 0.15) is 52.8 Å². The van der Waals surface area contributed by atoms with Crippen molar-refractivity contribution in [3.05, 3.63) is 45.4 Å². The molecule has 1 aliphatic rings. The number of hydrogen-bond donors (Lipinski definition) is 0. The van der Waals surface area contributed by atoms with Crippen molar-refractivity contribution in [3.63, 3.8) is 0 Å². The van der Waals surface area contributed by atoms with Gasteiger partial charge in [0.1, 0.15) is 5.75 Å². The van der Waals surface area contributed by atoms with E-state index in [1.165, 1.54) is 23.8 Å². The number of benzene rings is 1. The van der Waals surface area contributed by atoms with E-state index in [1.807, 2.05) is 0 Å². The van der Waals surface area contributed by atoms with Gasteiger partial charge in [0, 0.05) is 17.4 Å². The van der Waals surface area contributed by atoms with Gasteiger partial charge in [0.05, 0.1) is 23.8 Å². The van der Waals surface area contributed by atoms with Crippen molar-refractivity contribution in [2.45, 2.75) is 38.8 Å². The van der Waals surface area contributed by atoms with E-state index in [0.717, 1.165) is 25.0 Å². The Balaban J connectivity index is 1.80. The summed E-state index contributed by atoms with van der Waals surface area (Å²) in [5, 5.41) is 2.08. The van der Waals surface area contributed by atoms with Crippen LogP contribution in [0, 0.1) is 5.92 Å². The molecule has 8 heteroatoms. The molecule has 1 saturated carbocycles. The molecule has 4 nitrogen and oxygen atoms in total. The molecule has 0 amide bonds. The second-order valence-electron chi connectivity index (χ2n) is 6.45. The first-order chi connectivity index (χ1) is 12.9. The number of aromatic nitrogens is 1. The number of carbonyl (C=O) groups excluding carboxylic acids is 1. The van der Waals surface area contributed by atoms with Gasteiger partial charge in [0.25, 0.3) is 0 Å². The molecule has 1 aliphatic carbocycles. The number of hydrogen-bond acceptors (Lipinski definition) is 5. The van der Waals surface area contributed by atoms with E-state index in [1.54, 1.807) is 12.3 Å². The third kappa shape index (κ3) is 5.00. The van der Waals surface area contributed by atoms with Gasteiger partial charge in [-0.1, -0.05) is 6.42 Å². The Bertz CT molecular complexity index is 800. The van der Waals surface area contributed by atoms with E-state index in [-0.39, 0.29) is 18.7 Å². The highest BCUT2D eigenvalue weighted by Gasteiger charge is 2.31. The van der Waals surface area contributed by atoms with Crippen molar-refractivity contribution in [3.8, 4) is 5.75 Å². The topological polar surface area (TPSA) is 48.4 Å². The fourth-order valence-electron chi connectivity index (χ4n) is 2.76. The van der Waals surface area contributed by atoms with Crippen LogP contribution in [0.3, 0.4) is 0 Å². The third-order valence-electron chi connectivity index (χ3n) is 4.47. The quantitative estimate of drug-likeness (QED) is 0.607. The van der Waals surface area contributed by atoms with E-state index < -0.39 is 17.7 Å². The van der Waals surface area contributed by atoms with Gasteiger partial charge in [-0.25, -0.2) is 9.78 Å². The number of ether oxygens (including phenoxy) is 2. The zero-order chi connectivity index (χ0) is 19.4. The van der Waals surface area contributed by atoms with Crippen LogP contribution in [0.4, 0.5) is 13.2 Å². The maximum atomic E-state index is 13.1. The second kappa shape index (κ2) is 8.29. The van der Waals surface area contributed by atoms with Crippen LogP contribution < -0.4 is 4.74 Å². The standard InChI is InChI=1S/C19H20F3NO3S/c1-2-25-18(24)15-11-27-17(23-15)9-13-8-14(19(20,21)22)6-7-16(13)26-10-12-4-3-5-12/h6-8,11-12H,2-5,9-10H2,1H3. The van der Waals surface area contributed by atoms with Gasteiger partial charge in [-0.15, -0.1) is 11.3 Å². The molecule has 0 spiro atoms. The number of alkyl halides is 3. The Kier molecular flexibility index (Phi) is 6.04. The first-order valence-electron chi connectivity index (χ1n) is 8.81. The monoisotopic (exact) mass is 399 g/mol. The Morgan fingerprint density at radius 1 is 1.33 bits per heavy atom. The molecule has 146 valence electrons. The van der Waals surface area contributed by atoms with Crippen LogP contribution in [-0.4, -0.2) is 24.2 Å². The van der Waals surface area contributed by atoms with Crippen LogP contribution in [0.5, 0.6) is 5.75 Å². The lowest BCUT2D eigenvalue weighted by molar-refractivity contribution is -0.137. The number of carbonyl (C=O) groups is 1. The van der Waals surface area contributed by atoms with E-state index >= 15 is 0 Å². The minimum absolute atomic E-state index is 0.161. The number of rotatable bonds is 7. The highest BCUT2D eigenvalue weighted by molar-refractivity contribution is 7.09. The maximum absolute atomic E-state index is 13.1. The van der Waals surface area contributed by atoms with Crippen molar-refractivity contribution >= 4 is 17.3 Å². The van der Waals surface area contributed by atoms with Crippen molar-refractivity contribution in [1.29, 1.82) is 0 Å². The van der Waals surface area contributed by atoms with Crippen molar-refractivity contribution in [1.82, 2.24) is 4.98 Å². The van der Waals surface area contributed by atoms with Gasteiger partial charge in [0.15, 0.2) is 5.69 Å². The average Bonchev–Trinajstić information content (AvgIpc) is 3.02.